The third kappa shape index (κ3) is 5.33. The SMILES string of the molecule is COc1cc(CN2CCNC(=O)[C@H]2CC(=O)NCCO)cc(OC)c1. The Bertz CT molecular complexity index is 586. The molecule has 0 radical (unpaired) electrons. The minimum absolute atomic E-state index is 0.0485. The van der Waals surface area contributed by atoms with Crippen molar-refractivity contribution >= 4 is 11.8 Å². The first-order valence-electron chi connectivity index (χ1n) is 8.18. The number of methoxy groups -OCH3 is 2. The van der Waals surface area contributed by atoms with Crippen molar-refractivity contribution in [1.82, 2.24) is 15.5 Å². The average molecular weight is 351 g/mol. The van der Waals surface area contributed by atoms with Gasteiger partial charge in [-0.1, -0.05) is 0 Å². The molecule has 0 unspecified atom stereocenters. The standard InChI is InChI=1S/C17H25N3O5/c1-24-13-7-12(8-14(9-13)25-2)11-20-5-3-19-17(23)15(20)10-16(22)18-4-6-21/h7-9,15,21H,3-6,10-11H2,1-2H3,(H,18,22)(H,19,23)/t15-/m1/s1. The van der Waals surface area contributed by atoms with E-state index in [1.807, 2.05) is 17.0 Å². The summed E-state index contributed by atoms with van der Waals surface area (Å²) in [6.45, 7) is 1.73. The lowest BCUT2D eigenvalue weighted by Gasteiger charge is -2.34. The molecule has 2 amide bonds. The number of nitrogens with zero attached hydrogens (tertiary/aromatic N) is 1. The highest BCUT2D eigenvalue weighted by atomic mass is 16.5. The van der Waals surface area contributed by atoms with E-state index in [-0.39, 0.29) is 31.4 Å². The van der Waals surface area contributed by atoms with Gasteiger partial charge >= 0.3 is 0 Å². The van der Waals surface area contributed by atoms with Crippen LogP contribution in [0, 0.1) is 0 Å². The van der Waals surface area contributed by atoms with Gasteiger partial charge < -0.3 is 25.2 Å². The fraction of sp³-hybridized carbons (Fsp3) is 0.529. The van der Waals surface area contributed by atoms with Crippen LogP contribution in [0.4, 0.5) is 0 Å². The zero-order valence-corrected chi connectivity index (χ0v) is 14.6. The summed E-state index contributed by atoms with van der Waals surface area (Å²) in [4.78, 5) is 26.1. The highest BCUT2D eigenvalue weighted by Crippen LogP contribution is 2.24. The summed E-state index contributed by atoms with van der Waals surface area (Å²) in [5.41, 5.74) is 0.937. The molecule has 1 atom stereocenters. The van der Waals surface area contributed by atoms with Gasteiger partial charge in [0.2, 0.25) is 11.8 Å². The Morgan fingerprint density at radius 3 is 2.60 bits per heavy atom. The Morgan fingerprint density at radius 2 is 2.00 bits per heavy atom. The van der Waals surface area contributed by atoms with Crippen molar-refractivity contribution in [2.45, 2.75) is 19.0 Å². The van der Waals surface area contributed by atoms with Gasteiger partial charge in [-0.2, -0.15) is 0 Å². The highest BCUT2D eigenvalue weighted by Gasteiger charge is 2.31. The fourth-order valence-electron chi connectivity index (χ4n) is 2.81. The summed E-state index contributed by atoms with van der Waals surface area (Å²) in [5.74, 6) is 0.922. The number of hydrogen-bond donors (Lipinski definition) is 3. The second kappa shape index (κ2) is 9.24. The summed E-state index contributed by atoms with van der Waals surface area (Å²) in [6, 6.07) is 5.01. The number of carbonyl (C=O) groups excluding carboxylic acids is 2. The van der Waals surface area contributed by atoms with Crippen LogP contribution >= 0.6 is 0 Å². The molecule has 1 aromatic rings. The smallest absolute Gasteiger partial charge is 0.237 e. The Hall–Kier alpha value is -2.32. The molecule has 1 aromatic carbocycles. The maximum Gasteiger partial charge on any atom is 0.237 e. The third-order valence-electron chi connectivity index (χ3n) is 4.05. The van der Waals surface area contributed by atoms with Crippen LogP contribution in [0.25, 0.3) is 0 Å². The lowest BCUT2D eigenvalue weighted by Crippen LogP contribution is -2.56. The predicted octanol–water partition coefficient (Wildman–Crippen LogP) is -0.497. The molecule has 8 heteroatoms. The number of aliphatic hydroxyl groups is 1. The van der Waals surface area contributed by atoms with Crippen LogP contribution < -0.4 is 20.1 Å². The third-order valence-corrected chi connectivity index (χ3v) is 4.05. The van der Waals surface area contributed by atoms with Gasteiger partial charge in [0.25, 0.3) is 0 Å². The lowest BCUT2D eigenvalue weighted by molar-refractivity contribution is -0.134. The van der Waals surface area contributed by atoms with E-state index in [9.17, 15) is 9.59 Å². The summed E-state index contributed by atoms with van der Waals surface area (Å²) in [7, 11) is 3.17. The topological polar surface area (TPSA) is 100 Å². The van der Waals surface area contributed by atoms with Crippen LogP contribution in [0.5, 0.6) is 11.5 Å². The first-order valence-corrected chi connectivity index (χ1v) is 8.18. The van der Waals surface area contributed by atoms with E-state index in [4.69, 9.17) is 14.6 Å². The van der Waals surface area contributed by atoms with Gasteiger partial charge in [0, 0.05) is 32.2 Å². The summed E-state index contributed by atoms with van der Waals surface area (Å²) in [5, 5.41) is 14.2. The van der Waals surface area contributed by atoms with Crippen molar-refractivity contribution in [1.29, 1.82) is 0 Å². The van der Waals surface area contributed by atoms with Crippen LogP contribution in [0.2, 0.25) is 0 Å². The quantitative estimate of drug-likeness (QED) is 0.584. The van der Waals surface area contributed by atoms with E-state index >= 15 is 0 Å². The number of ether oxygens (including phenoxy) is 2. The fourth-order valence-corrected chi connectivity index (χ4v) is 2.81. The average Bonchev–Trinajstić information content (AvgIpc) is 2.62. The van der Waals surface area contributed by atoms with Gasteiger partial charge in [-0.15, -0.1) is 0 Å². The van der Waals surface area contributed by atoms with Crippen LogP contribution in [-0.2, 0) is 16.1 Å². The van der Waals surface area contributed by atoms with Gasteiger partial charge in [-0.25, -0.2) is 0 Å². The summed E-state index contributed by atoms with van der Waals surface area (Å²) < 4.78 is 10.6. The van der Waals surface area contributed by atoms with E-state index in [0.717, 1.165) is 5.56 Å². The molecule has 1 saturated heterocycles. The van der Waals surface area contributed by atoms with Crippen LogP contribution in [0.1, 0.15) is 12.0 Å². The first-order chi connectivity index (χ1) is 12.1. The zero-order chi connectivity index (χ0) is 18.2. The van der Waals surface area contributed by atoms with Crippen LogP contribution in [0.3, 0.4) is 0 Å². The molecule has 25 heavy (non-hydrogen) atoms. The van der Waals surface area contributed by atoms with E-state index in [1.165, 1.54) is 0 Å². The van der Waals surface area contributed by atoms with Crippen molar-refractivity contribution < 1.29 is 24.2 Å². The molecule has 1 heterocycles. The van der Waals surface area contributed by atoms with Crippen LogP contribution in [-0.4, -0.2) is 68.3 Å². The molecule has 2 rings (SSSR count). The van der Waals surface area contributed by atoms with E-state index in [2.05, 4.69) is 10.6 Å². The van der Waals surface area contributed by atoms with Gasteiger partial charge in [0.15, 0.2) is 0 Å². The van der Waals surface area contributed by atoms with Crippen LogP contribution in [0.15, 0.2) is 18.2 Å². The van der Waals surface area contributed by atoms with Crippen molar-refractivity contribution in [2.24, 2.45) is 0 Å². The number of benzene rings is 1. The number of hydrogen-bond acceptors (Lipinski definition) is 6. The molecule has 1 fully saturated rings. The molecule has 1 aliphatic heterocycles. The molecule has 138 valence electrons. The summed E-state index contributed by atoms with van der Waals surface area (Å²) >= 11 is 0. The Labute approximate surface area is 147 Å². The minimum atomic E-state index is -0.551. The maximum atomic E-state index is 12.2. The minimum Gasteiger partial charge on any atom is -0.497 e. The number of piperazine rings is 1. The monoisotopic (exact) mass is 351 g/mol. The molecular formula is C17H25N3O5. The highest BCUT2D eigenvalue weighted by molar-refractivity contribution is 5.88. The molecular weight excluding hydrogens is 326 g/mol. The lowest BCUT2D eigenvalue weighted by atomic mass is 10.1. The molecule has 8 nitrogen and oxygen atoms in total. The zero-order valence-electron chi connectivity index (χ0n) is 14.6. The second-order valence-electron chi connectivity index (χ2n) is 5.78. The van der Waals surface area contributed by atoms with Gasteiger partial charge in [0.1, 0.15) is 11.5 Å². The second-order valence-corrected chi connectivity index (χ2v) is 5.78. The molecule has 0 saturated carbocycles. The van der Waals surface area contributed by atoms with Crippen molar-refractivity contribution in [2.75, 3.05) is 40.5 Å². The number of amides is 2. The van der Waals surface area contributed by atoms with Gasteiger partial charge in [0.05, 0.1) is 33.3 Å². The van der Waals surface area contributed by atoms with E-state index in [0.29, 0.717) is 31.1 Å². The predicted molar refractivity (Wildman–Crippen MR) is 91.5 cm³/mol. The van der Waals surface area contributed by atoms with Crippen molar-refractivity contribution in [3.05, 3.63) is 23.8 Å². The van der Waals surface area contributed by atoms with Gasteiger partial charge in [-0.05, 0) is 17.7 Å². The molecule has 0 aliphatic carbocycles. The Balaban J connectivity index is 2.11. The van der Waals surface area contributed by atoms with Gasteiger partial charge in [-0.3, -0.25) is 14.5 Å². The largest absolute Gasteiger partial charge is 0.497 e. The molecule has 1 aliphatic rings. The Kier molecular flexibility index (Phi) is 7.03. The van der Waals surface area contributed by atoms with E-state index in [1.54, 1.807) is 20.3 Å². The normalized spacial score (nSPS) is 17.7. The van der Waals surface area contributed by atoms with Crippen molar-refractivity contribution in [3.8, 4) is 11.5 Å². The number of rotatable bonds is 8. The molecule has 0 aromatic heterocycles. The summed E-state index contributed by atoms with van der Waals surface area (Å²) in [6.07, 6.45) is 0.0485. The number of aliphatic hydroxyl groups excluding tert-OH is 1. The number of nitrogens with one attached hydrogen (secondary N) is 2. The molecule has 3 N–H and O–H groups in total. The van der Waals surface area contributed by atoms with E-state index < -0.39 is 6.04 Å². The first kappa shape index (κ1) is 19.0. The van der Waals surface area contributed by atoms with Crippen molar-refractivity contribution in [3.63, 3.8) is 0 Å². The Morgan fingerprint density at radius 1 is 1.32 bits per heavy atom. The maximum absolute atomic E-state index is 12.2. The molecule has 0 bridgehead atoms. The molecule has 0 spiro atoms. The number of carbonyl (C=O) groups is 2.